The number of nitrogens with one attached hydrogen (secondary N) is 1. The van der Waals surface area contributed by atoms with Crippen LogP contribution in [0.3, 0.4) is 0 Å². The third-order valence-electron chi connectivity index (χ3n) is 7.37. The maximum atomic E-state index is 14.1. The van der Waals surface area contributed by atoms with Gasteiger partial charge in [-0.15, -0.1) is 0 Å². The lowest BCUT2D eigenvalue weighted by molar-refractivity contribution is -0.128. The van der Waals surface area contributed by atoms with E-state index in [0.717, 1.165) is 15.4 Å². The molecule has 5 rings (SSSR count). The molecular weight excluding hydrogens is 578 g/mol. The fourth-order valence-corrected chi connectivity index (χ4v) is 6.69. The highest BCUT2D eigenvalue weighted by Crippen LogP contribution is 2.34. The lowest BCUT2D eigenvalue weighted by Crippen LogP contribution is -2.53. The largest absolute Gasteiger partial charge is 0.495 e. The van der Waals surface area contributed by atoms with Crippen molar-refractivity contribution >= 4 is 27.5 Å². The summed E-state index contributed by atoms with van der Waals surface area (Å²) in [6, 6.07) is 30.7. The summed E-state index contributed by atoms with van der Waals surface area (Å²) in [5.74, 6) is -0.293. The average molecular weight is 614 g/mol. The second-order valence-electron chi connectivity index (χ2n) is 10.5. The van der Waals surface area contributed by atoms with Crippen LogP contribution in [0.1, 0.15) is 16.7 Å². The Kier molecular flexibility index (Phi) is 9.62. The molecule has 0 saturated carbocycles. The van der Waals surface area contributed by atoms with Crippen molar-refractivity contribution in [1.29, 1.82) is 0 Å². The van der Waals surface area contributed by atoms with Crippen molar-refractivity contribution in [2.45, 2.75) is 30.9 Å². The van der Waals surface area contributed by atoms with Gasteiger partial charge in [0.25, 0.3) is 5.91 Å². The minimum atomic E-state index is -4.19. The summed E-state index contributed by atoms with van der Waals surface area (Å²) in [6.45, 7) is 1.62. The van der Waals surface area contributed by atoms with Gasteiger partial charge in [-0.05, 0) is 54.3 Å². The second kappa shape index (κ2) is 13.7. The highest BCUT2D eigenvalue weighted by Gasteiger charge is 2.37. The van der Waals surface area contributed by atoms with Gasteiger partial charge in [0.2, 0.25) is 15.9 Å². The predicted molar refractivity (Wildman–Crippen MR) is 168 cm³/mol. The Labute approximate surface area is 258 Å². The Bertz CT molecular complexity index is 1710. The normalized spacial score (nSPS) is 14.4. The van der Waals surface area contributed by atoms with Crippen molar-refractivity contribution in [3.63, 3.8) is 0 Å². The van der Waals surface area contributed by atoms with Gasteiger partial charge in [0.05, 0.1) is 25.9 Å². The molecule has 0 radical (unpaired) electrons. The number of nitrogens with zero attached hydrogens (tertiary/aromatic N) is 2. The Morgan fingerprint density at radius 2 is 1.59 bits per heavy atom. The van der Waals surface area contributed by atoms with Crippen LogP contribution < -0.4 is 19.7 Å². The van der Waals surface area contributed by atoms with E-state index in [0.29, 0.717) is 30.0 Å². The smallest absolute Gasteiger partial charge is 0.262 e. The molecule has 0 spiro atoms. The van der Waals surface area contributed by atoms with E-state index in [9.17, 15) is 18.0 Å². The van der Waals surface area contributed by atoms with Crippen LogP contribution in [-0.2, 0) is 32.6 Å². The second-order valence-corrected chi connectivity index (χ2v) is 12.4. The van der Waals surface area contributed by atoms with E-state index in [1.807, 2.05) is 48.5 Å². The molecule has 1 atom stereocenters. The first-order valence-electron chi connectivity index (χ1n) is 14.3. The van der Waals surface area contributed by atoms with E-state index >= 15 is 0 Å². The molecule has 44 heavy (non-hydrogen) atoms. The van der Waals surface area contributed by atoms with E-state index in [1.54, 1.807) is 55.5 Å². The number of para-hydroxylation sites is 2. The van der Waals surface area contributed by atoms with Crippen molar-refractivity contribution in [3.05, 3.63) is 120 Å². The van der Waals surface area contributed by atoms with Crippen LogP contribution in [0.25, 0.3) is 0 Å². The molecule has 4 aromatic carbocycles. The van der Waals surface area contributed by atoms with E-state index in [2.05, 4.69) is 5.32 Å². The molecule has 1 aliphatic heterocycles. The summed E-state index contributed by atoms with van der Waals surface area (Å²) in [4.78, 5) is 28.6. The molecule has 1 aliphatic rings. The summed E-state index contributed by atoms with van der Waals surface area (Å²) >= 11 is 0. The van der Waals surface area contributed by atoms with Crippen LogP contribution in [0.5, 0.6) is 11.5 Å². The Hall–Kier alpha value is -4.67. The van der Waals surface area contributed by atoms with Gasteiger partial charge in [0, 0.05) is 13.1 Å². The molecule has 4 aromatic rings. The molecule has 0 fully saturated rings. The van der Waals surface area contributed by atoms with E-state index in [-0.39, 0.29) is 29.6 Å². The quantitative estimate of drug-likeness (QED) is 0.270. The molecule has 9 nitrogen and oxygen atoms in total. The van der Waals surface area contributed by atoms with Gasteiger partial charge < -0.3 is 19.7 Å². The first-order chi connectivity index (χ1) is 21.3. The van der Waals surface area contributed by atoms with E-state index < -0.39 is 28.6 Å². The average Bonchev–Trinajstić information content (AvgIpc) is 3.04. The van der Waals surface area contributed by atoms with Gasteiger partial charge in [-0.1, -0.05) is 78.9 Å². The fourth-order valence-electron chi connectivity index (χ4n) is 5.07. The third-order valence-corrected chi connectivity index (χ3v) is 9.19. The maximum Gasteiger partial charge on any atom is 0.262 e. The number of anilines is 1. The molecular formula is C34H35N3O6S. The van der Waals surface area contributed by atoms with Crippen LogP contribution in [0.4, 0.5) is 5.69 Å². The van der Waals surface area contributed by atoms with Gasteiger partial charge in [0.15, 0.2) is 6.10 Å². The third kappa shape index (κ3) is 7.10. The predicted octanol–water partition coefficient (Wildman–Crippen LogP) is 4.35. The van der Waals surface area contributed by atoms with Crippen molar-refractivity contribution < 1.29 is 27.5 Å². The SMILES string of the molecule is COc1ccc(C)cc1S(=O)(=O)N(CC(=O)N1C[C@@H](C(=O)NCCc2ccccc2)Oc2ccccc21)Cc1ccccc1. The maximum absolute atomic E-state index is 14.1. The Morgan fingerprint density at radius 3 is 2.30 bits per heavy atom. The molecule has 0 bridgehead atoms. The van der Waals surface area contributed by atoms with E-state index in [1.165, 1.54) is 18.1 Å². The number of ether oxygens (including phenoxy) is 2. The molecule has 0 aromatic heterocycles. The first-order valence-corrected chi connectivity index (χ1v) is 15.8. The zero-order valence-electron chi connectivity index (χ0n) is 24.7. The molecule has 0 unspecified atom stereocenters. The van der Waals surface area contributed by atoms with Gasteiger partial charge in [-0.25, -0.2) is 8.42 Å². The highest BCUT2D eigenvalue weighted by molar-refractivity contribution is 7.89. The number of carbonyl (C=O) groups is 2. The lowest BCUT2D eigenvalue weighted by Gasteiger charge is -2.35. The highest BCUT2D eigenvalue weighted by atomic mass is 32.2. The summed E-state index contributed by atoms with van der Waals surface area (Å²) < 4.78 is 40.8. The number of carbonyl (C=O) groups excluding carboxylic acids is 2. The van der Waals surface area contributed by atoms with Gasteiger partial charge in [-0.2, -0.15) is 4.31 Å². The molecule has 10 heteroatoms. The van der Waals surface area contributed by atoms with Crippen LogP contribution in [-0.4, -0.2) is 57.4 Å². The molecule has 0 saturated heterocycles. The van der Waals surface area contributed by atoms with E-state index in [4.69, 9.17) is 9.47 Å². The summed E-state index contributed by atoms with van der Waals surface area (Å²) in [7, 11) is -2.78. The summed E-state index contributed by atoms with van der Waals surface area (Å²) in [5, 5.41) is 2.91. The fraction of sp³-hybridized carbons (Fsp3) is 0.235. The van der Waals surface area contributed by atoms with Crippen LogP contribution in [0.2, 0.25) is 0 Å². The minimum absolute atomic E-state index is 0.0261. The van der Waals surface area contributed by atoms with Crippen LogP contribution in [0.15, 0.2) is 108 Å². The first kappa shape index (κ1) is 30.8. The number of fused-ring (bicyclic) bond motifs is 1. The standard InChI is InChI=1S/C34H35N3O6S/c1-25-17-18-30(42-2)32(21-25)44(40,41)36(22-27-13-7-4-8-14-27)24-33(38)37-23-31(43-29-16-10-9-15-28(29)37)34(39)35-20-19-26-11-5-3-6-12-26/h3-18,21,31H,19-20,22-24H2,1-2H3,(H,35,39)/t31-/m0/s1. The summed E-state index contributed by atoms with van der Waals surface area (Å²) in [6.07, 6.45) is -0.326. The van der Waals surface area contributed by atoms with Crippen molar-refractivity contribution in [1.82, 2.24) is 9.62 Å². The van der Waals surface area contributed by atoms with Crippen molar-refractivity contribution in [2.75, 3.05) is 31.6 Å². The molecule has 2 amide bonds. The molecule has 1 heterocycles. The van der Waals surface area contributed by atoms with Crippen molar-refractivity contribution in [3.8, 4) is 11.5 Å². The minimum Gasteiger partial charge on any atom is -0.495 e. The molecule has 0 aliphatic carbocycles. The number of hydrogen-bond acceptors (Lipinski definition) is 6. The van der Waals surface area contributed by atoms with Gasteiger partial charge >= 0.3 is 0 Å². The number of rotatable bonds is 11. The Balaban J connectivity index is 1.40. The van der Waals surface area contributed by atoms with Crippen molar-refractivity contribution in [2.24, 2.45) is 0 Å². The number of methoxy groups -OCH3 is 1. The van der Waals surface area contributed by atoms with Crippen LogP contribution >= 0.6 is 0 Å². The number of sulfonamides is 1. The zero-order valence-corrected chi connectivity index (χ0v) is 25.5. The zero-order chi connectivity index (χ0) is 31.1. The molecule has 228 valence electrons. The lowest BCUT2D eigenvalue weighted by atomic mass is 10.1. The topological polar surface area (TPSA) is 105 Å². The summed E-state index contributed by atoms with van der Waals surface area (Å²) in [5.41, 5.74) is 3.01. The number of amides is 2. The number of hydrogen-bond donors (Lipinski definition) is 1. The Morgan fingerprint density at radius 1 is 0.932 bits per heavy atom. The van der Waals surface area contributed by atoms with Gasteiger partial charge in [0.1, 0.15) is 16.4 Å². The monoisotopic (exact) mass is 613 g/mol. The molecule has 1 N–H and O–H groups in total. The number of aryl methyl sites for hydroxylation is 1. The van der Waals surface area contributed by atoms with Gasteiger partial charge in [-0.3, -0.25) is 9.59 Å². The van der Waals surface area contributed by atoms with Crippen LogP contribution in [0, 0.1) is 6.92 Å². The number of benzene rings is 4.